The fraction of sp³-hybridized carbons (Fsp3) is 0.111. The van der Waals surface area contributed by atoms with Crippen molar-refractivity contribution in [2.75, 3.05) is 19.0 Å². The zero-order chi connectivity index (χ0) is 15.5. The topological polar surface area (TPSA) is 49.2 Å². The van der Waals surface area contributed by atoms with Crippen LogP contribution >= 0.6 is 0 Å². The molecule has 0 radical (unpaired) electrons. The van der Waals surface area contributed by atoms with Gasteiger partial charge < -0.3 is 10.0 Å². The molecule has 0 aliphatic heterocycles. The molecular formula is C18H17N3O. The van der Waals surface area contributed by atoms with Gasteiger partial charge in [-0.1, -0.05) is 60.7 Å². The van der Waals surface area contributed by atoms with Crippen LogP contribution in [0, 0.1) is 0 Å². The van der Waals surface area contributed by atoms with Crippen LogP contribution < -0.4 is 4.90 Å². The van der Waals surface area contributed by atoms with E-state index in [0.717, 1.165) is 11.1 Å². The van der Waals surface area contributed by atoms with Crippen molar-refractivity contribution in [3.63, 3.8) is 0 Å². The molecule has 0 aliphatic carbocycles. The second kappa shape index (κ2) is 5.85. The molecule has 3 aromatic rings. The van der Waals surface area contributed by atoms with E-state index in [0.29, 0.717) is 17.3 Å². The highest BCUT2D eigenvalue weighted by molar-refractivity contribution is 5.78. The molecule has 1 aromatic heterocycles. The van der Waals surface area contributed by atoms with Gasteiger partial charge in [-0.15, -0.1) is 0 Å². The molecular weight excluding hydrogens is 274 g/mol. The van der Waals surface area contributed by atoms with Gasteiger partial charge in [0.15, 0.2) is 5.75 Å². The summed E-state index contributed by atoms with van der Waals surface area (Å²) < 4.78 is 0. The van der Waals surface area contributed by atoms with Gasteiger partial charge in [-0.25, -0.2) is 9.97 Å². The summed E-state index contributed by atoms with van der Waals surface area (Å²) in [5.41, 5.74) is 2.81. The van der Waals surface area contributed by atoms with Crippen molar-refractivity contribution in [1.82, 2.24) is 9.97 Å². The van der Waals surface area contributed by atoms with Crippen LogP contribution in [0.15, 0.2) is 60.7 Å². The van der Waals surface area contributed by atoms with Gasteiger partial charge >= 0.3 is 0 Å². The summed E-state index contributed by atoms with van der Waals surface area (Å²) in [6.45, 7) is 0. The van der Waals surface area contributed by atoms with Gasteiger partial charge in [-0.2, -0.15) is 0 Å². The Morgan fingerprint density at radius 2 is 1.14 bits per heavy atom. The molecule has 0 atom stereocenters. The lowest BCUT2D eigenvalue weighted by Gasteiger charge is -2.15. The summed E-state index contributed by atoms with van der Waals surface area (Å²) >= 11 is 0. The molecule has 0 aliphatic rings. The predicted octanol–water partition coefficient (Wildman–Crippen LogP) is 3.58. The Kier molecular flexibility index (Phi) is 3.74. The molecule has 2 aromatic carbocycles. The largest absolute Gasteiger partial charge is 0.504 e. The van der Waals surface area contributed by atoms with E-state index >= 15 is 0 Å². The molecule has 0 spiro atoms. The third kappa shape index (κ3) is 2.63. The number of hydrogen-bond acceptors (Lipinski definition) is 4. The Morgan fingerprint density at radius 3 is 1.50 bits per heavy atom. The summed E-state index contributed by atoms with van der Waals surface area (Å²) in [7, 11) is 3.77. The Morgan fingerprint density at radius 1 is 0.727 bits per heavy atom. The zero-order valence-corrected chi connectivity index (χ0v) is 12.6. The molecule has 3 rings (SSSR count). The van der Waals surface area contributed by atoms with E-state index < -0.39 is 0 Å². The Balaban J connectivity index is 2.25. The van der Waals surface area contributed by atoms with Crippen LogP contribution in [0.25, 0.3) is 22.5 Å². The first-order valence-electron chi connectivity index (χ1n) is 7.06. The first-order chi connectivity index (χ1) is 10.7. The summed E-state index contributed by atoms with van der Waals surface area (Å²) in [5.74, 6) is 0.665. The van der Waals surface area contributed by atoms with Gasteiger partial charge in [0.2, 0.25) is 5.95 Å². The van der Waals surface area contributed by atoms with E-state index in [9.17, 15) is 5.11 Å². The fourth-order valence-electron chi connectivity index (χ4n) is 2.24. The van der Waals surface area contributed by atoms with Crippen LogP contribution in [0.3, 0.4) is 0 Å². The van der Waals surface area contributed by atoms with Crippen molar-refractivity contribution in [3.05, 3.63) is 60.7 Å². The van der Waals surface area contributed by atoms with Gasteiger partial charge in [-0.3, -0.25) is 0 Å². The van der Waals surface area contributed by atoms with E-state index in [2.05, 4.69) is 9.97 Å². The van der Waals surface area contributed by atoms with Gasteiger partial charge in [0.25, 0.3) is 0 Å². The highest BCUT2D eigenvalue weighted by Gasteiger charge is 2.17. The summed E-state index contributed by atoms with van der Waals surface area (Å²) in [6, 6.07) is 19.3. The Labute approximate surface area is 129 Å². The smallest absolute Gasteiger partial charge is 0.226 e. The molecule has 0 fully saturated rings. The molecule has 0 unspecified atom stereocenters. The van der Waals surface area contributed by atoms with Gasteiger partial charge in [0, 0.05) is 25.2 Å². The maximum absolute atomic E-state index is 10.7. The molecule has 0 saturated carbocycles. The van der Waals surface area contributed by atoms with Crippen molar-refractivity contribution in [3.8, 4) is 28.3 Å². The van der Waals surface area contributed by atoms with Gasteiger partial charge in [-0.05, 0) is 0 Å². The second-order valence-electron chi connectivity index (χ2n) is 5.20. The SMILES string of the molecule is CN(C)c1nc(-c2ccccc2)c(O)c(-c2ccccc2)n1. The second-order valence-corrected chi connectivity index (χ2v) is 5.20. The summed E-state index contributed by atoms with van der Waals surface area (Å²) in [4.78, 5) is 10.8. The maximum atomic E-state index is 10.7. The number of anilines is 1. The molecule has 22 heavy (non-hydrogen) atoms. The molecule has 4 heteroatoms. The lowest BCUT2D eigenvalue weighted by atomic mass is 10.1. The normalized spacial score (nSPS) is 10.5. The first-order valence-corrected chi connectivity index (χ1v) is 7.06. The third-order valence-corrected chi connectivity index (χ3v) is 3.37. The fourth-order valence-corrected chi connectivity index (χ4v) is 2.24. The van der Waals surface area contributed by atoms with Crippen LogP contribution in [0.5, 0.6) is 5.75 Å². The molecule has 1 N–H and O–H groups in total. The minimum Gasteiger partial charge on any atom is -0.504 e. The minimum absolute atomic E-state index is 0.100. The lowest BCUT2D eigenvalue weighted by molar-refractivity contribution is 0.474. The first kappa shape index (κ1) is 14.1. The summed E-state index contributed by atoms with van der Waals surface area (Å²) in [5, 5.41) is 10.7. The molecule has 110 valence electrons. The number of hydrogen-bond donors (Lipinski definition) is 1. The van der Waals surface area contributed by atoms with E-state index in [1.165, 1.54) is 0 Å². The number of aromatic hydroxyl groups is 1. The zero-order valence-electron chi connectivity index (χ0n) is 12.6. The average Bonchev–Trinajstić information content (AvgIpc) is 2.56. The highest BCUT2D eigenvalue weighted by atomic mass is 16.3. The van der Waals surface area contributed by atoms with Gasteiger partial charge in [0.05, 0.1) is 0 Å². The monoisotopic (exact) mass is 291 g/mol. The van der Waals surface area contributed by atoms with Crippen LogP contribution in [-0.2, 0) is 0 Å². The molecule has 4 nitrogen and oxygen atoms in total. The summed E-state index contributed by atoms with van der Waals surface area (Å²) in [6.07, 6.45) is 0. The lowest BCUT2D eigenvalue weighted by Crippen LogP contribution is -2.13. The number of rotatable bonds is 3. The van der Waals surface area contributed by atoms with E-state index in [1.54, 1.807) is 0 Å². The standard InChI is InChI=1S/C18H17N3O/c1-21(2)18-19-15(13-9-5-3-6-10-13)17(22)16(20-18)14-11-7-4-8-12-14/h3-12,22H,1-2H3. The van der Waals surface area contributed by atoms with Crippen LogP contribution in [0.4, 0.5) is 5.95 Å². The van der Waals surface area contributed by atoms with Crippen molar-refractivity contribution < 1.29 is 5.11 Å². The van der Waals surface area contributed by atoms with E-state index in [-0.39, 0.29) is 5.75 Å². The maximum Gasteiger partial charge on any atom is 0.226 e. The molecule has 1 heterocycles. The average molecular weight is 291 g/mol. The number of benzene rings is 2. The van der Waals surface area contributed by atoms with Crippen molar-refractivity contribution >= 4 is 5.95 Å². The number of aromatic nitrogens is 2. The van der Waals surface area contributed by atoms with Crippen molar-refractivity contribution in [2.24, 2.45) is 0 Å². The Hall–Kier alpha value is -2.88. The number of nitrogens with zero attached hydrogens (tertiary/aromatic N) is 3. The Bertz CT molecular complexity index is 710. The molecule has 0 saturated heterocycles. The molecule has 0 amide bonds. The minimum atomic E-state index is 0.100. The van der Waals surface area contributed by atoms with Crippen molar-refractivity contribution in [1.29, 1.82) is 0 Å². The van der Waals surface area contributed by atoms with Crippen molar-refractivity contribution in [2.45, 2.75) is 0 Å². The van der Waals surface area contributed by atoms with Gasteiger partial charge in [0.1, 0.15) is 11.4 Å². The van der Waals surface area contributed by atoms with E-state index in [4.69, 9.17) is 0 Å². The van der Waals surface area contributed by atoms with Crippen LogP contribution in [0.2, 0.25) is 0 Å². The molecule has 0 bridgehead atoms. The van der Waals surface area contributed by atoms with E-state index in [1.807, 2.05) is 79.7 Å². The van der Waals surface area contributed by atoms with Crippen LogP contribution in [0.1, 0.15) is 0 Å². The third-order valence-electron chi connectivity index (χ3n) is 3.37. The quantitative estimate of drug-likeness (QED) is 0.801. The van der Waals surface area contributed by atoms with Crippen LogP contribution in [-0.4, -0.2) is 29.2 Å². The highest BCUT2D eigenvalue weighted by Crippen LogP contribution is 2.36. The predicted molar refractivity (Wildman–Crippen MR) is 88.9 cm³/mol.